The van der Waals surface area contributed by atoms with Crippen LogP contribution in [-0.4, -0.2) is 113 Å². The Hall–Kier alpha value is -6.84. The first kappa shape index (κ1) is 50.2. The second-order valence-electron chi connectivity index (χ2n) is 15.8. The number of likely N-dealkylation sites (tertiary alicyclic amines) is 1. The summed E-state index contributed by atoms with van der Waals surface area (Å²) in [6.45, 7) is 4.50. The fourth-order valence-electron chi connectivity index (χ4n) is 7.38. The van der Waals surface area contributed by atoms with Gasteiger partial charge in [-0.1, -0.05) is 48.5 Å². The fourth-order valence-corrected chi connectivity index (χ4v) is 7.38. The number of carbonyl (C=O) groups excluding carboxylic acids is 2. The van der Waals surface area contributed by atoms with Gasteiger partial charge in [-0.2, -0.15) is 4.98 Å². The number of carboxylic acid groups (broad SMARTS) is 2. The molecule has 16 nitrogen and oxygen atoms in total. The number of aliphatic hydroxyl groups is 2. The number of methoxy groups -OCH3 is 1. The third kappa shape index (κ3) is 12.7. The number of aromatic nitrogens is 3. The molecule has 2 aromatic heterocycles. The van der Waals surface area contributed by atoms with E-state index in [-0.39, 0.29) is 72.0 Å². The average molecular weight is 928 g/mol. The van der Waals surface area contributed by atoms with Crippen molar-refractivity contribution in [3.63, 3.8) is 0 Å². The van der Waals surface area contributed by atoms with E-state index in [1.54, 1.807) is 35.4 Å². The number of benzene rings is 3. The van der Waals surface area contributed by atoms with Crippen LogP contribution in [0.1, 0.15) is 50.1 Å². The molecule has 1 fully saturated rings. The van der Waals surface area contributed by atoms with Crippen molar-refractivity contribution < 1.29 is 71.0 Å². The third-order valence-electron chi connectivity index (χ3n) is 10.9. The molecule has 0 saturated carbocycles. The number of alkyl halides is 3. The summed E-state index contributed by atoms with van der Waals surface area (Å²) in [5.74, 6) is -9.56. The second kappa shape index (κ2) is 21.0. The van der Waals surface area contributed by atoms with Crippen LogP contribution in [0.15, 0.2) is 89.9 Å². The number of nitrogens with zero attached hydrogens (tertiary/aromatic N) is 5. The Bertz CT molecular complexity index is 2600. The van der Waals surface area contributed by atoms with Gasteiger partial charge in [0.2, 0.25) is 5.91 Å². The summed E-state index contributed by atoms with van der Waals surface area (Å²) >= 11 is 0. The van der Waals surface area contributed by atoms with Gasteiger partial charge < -0.3 is 39.4 Å². The Morgan fingerprint density at radius 3 is 2.05 bits per heavy atom. The van der Waals surface area contributed by atoms with Gasteiger partial charge >= 0.3 is 24.3 Å². The first-order valence-corrected chi connectivity index (χ1v) is 20.3. The van der Waals surface area contributed by atoms with Crippen LogP contribution in [0.3, 0.4) is 0 Å². The molecule has 0 radical (unpaired) electrons. The van der Waals surface area contributed by atoms with Gasteiger partial charge in [-0.05, 0) is 85.7 Å². The van der Waals surface area contributed by atoms with Gasteiger partial charge in [0.1, 0.15) is 35.7 Å². The van der Waals surface area contributed by atoms with Crippen LogP contribution in [0.2, 0.25) is 0 Å². The molecule has 0 aliphatic carbocycles. The van der Waals surface area contributed by atoms with E-state index < -0.39 is 53.2 Å². The predicted molar refractivity (Wildman–Crippen MR) is 224 cm³/mol. The highest BCUT2D eigenvalue weighted by molar-refractivity contribution is 5.82. The topological polar surface area (TPSA) is 222 Å². The van der Waals surface area contributed by atoms with Crippen molar-refractivity contribution in [2.24, 2.45) is 0 Å². The number of fused-ring (bicyclic) bond motifs is 1. The molecule has 1 saturated heterocycles. The molecule has 0 spiro atoms. The number of esters is 1. The van der Waals surface area contributed by atoms with Crippen molar-refractivity contribution in [3.8, 4) is 16.9 Å². The molecular weight excluding hydrogens is 882 g/mol. The van der Waals surface area contributed by atoms with E-state index in [0.29, 0.717) is 31.5 Å². The van der Waals surface area contributed by atoms with Crippen molar-refractivity contribution in [2.45, 2.75) is 82.8 Å². The predicted octanol–water partition coefficient (Wildman–Crippen LogP) is 5.09. The van der Waals surface area contributed by atoms with Gasteiger partial charge in [0.25, 0.3) is 11.3 Å². The van der Waals surface area contributed by atoms with Crippen LogP contribution in [0.5, 0.6) is 5.75 Å². The number of amides is 1. The normalized spacial score (nSPS) is 13.7. The number of hydrogen-bond acceptors (Lipinski definition) is 12. The number of carbonyl (C=O) groups is 4. The Morgan fingerprint density at radius 2 is 1.48 bits per heavy atom. The van der Waals surface area contributed by atoms with Gasteiger partial charge in [-0.3, -0.25) is 24.1 Å². The van der Waals surface area contributed by atoms with Gasteiger partial charge in [0.15, 0.2) is 11.6 Å². The first-order chi connectivity index (χ1) is 31.0. The number of ether oxygens (including phenoxy) is 2. The van der Waals surface area contributed by atoms with E-state index in [4.69, 9.17) is 25.2 Å². The van der Waals surface area contributed by atoms with E-state index in [0.717, 1.165) is 17.2 Å². The summed E-state index contributed by atoms with van der Waals surface area (Å²) in [5, 5.41) is 32.7. The highest BCUT2D eigenvalue weighted by Gasteiger charge is 2.40. The Kier molecular flexibility index (Phi) is 15.9. The lowest BCUT2D eigenvalue weighted by molar-refractivity contribution is -0.274. The zero-order valence-electron chi connectivity index (χ0n) is 35.8. The van der Waals surface area contributed by atoms with Crippen LogP contribution >= 0.6 is 0 Å². The van der Waals surface area contributed by atoms with E-state index in [2.05, 4.69) is 14.7 Å². The number of pyridine rings is 1. The Morgan fingerprint density at radius 1 is 0.864 bits per heavy atom. The minimum Gasteiger partial charge on any atom is -0.481 e. The van der Waals surface area contributed by atoms with Crippen molar-refractivity contribution in [2.75, 3.05) is 20.2 Å². The largest absolute Gasteiger partial charge is 0.573 e. The molecule has 0 atom stereocenters. The summed E-state index contributed by atoms with van der Waals surface area (Å²) in [6, 6.07) is 19.5. The van der Waals surface area contributed by atoms with Crippen LogP contribution in [-0.2, 0) is 49.8 Å². The molecule has 21 heteroatoms. The van der Waals surface area contributed by atoms with Crippen LogP contribution < -0.4 is 10.3 Å². The highest BCUT2D eigenvalue weighted by Crippen LogP contribution is 2.29. The second-order valence-corrected chi connectivity index (χ2v) is 15.8. The zero-order chi connectivity index (χ0) is 48.6. The molecule has 0 unspecified atom stereocenters. The Labute approximate surface area is 373 Å². The smallest absolute Gasteiger partial charge is 0.481 e. The van der Waals surface area contributed by atoms with Crippen LogP contribution in [0, 0.1) is 11.6 Å². The lowest BCUT2D eigenvalue weighted by atomic mass is 9.95. The molecule has 66 heavy (non-hydrogen) atoms. The molecule has 3 heterocycles. The van der Waals surface area contributed by atoms with Crippen molar-refractivity contribution in [3.05, 3.63) is 124 Å². The highest BCUT2D eigenvalue weighted by atomic mass is 19.4. The number of aliphatic carboxylic acids is 2. The molecule has 3 aromatic carbocycles. The number of aryl methyl sites for hydroxylation is 2. The van der Waals surface area contributed by atoms with Gasteiger partial charge in [-0.25, -0.2) is 18.6 Å². The Balaban J connectivity index is 0.000000730. The summed E-state index contributed by atoms with van der Waals surface area (Å²) in [4.78, 5) is 72.3. The number of halogens is 5. The third-order valence-corrected chi connectivity index (χ3v) is 10.9. The molecule has 1 aliphatic heterocycles. The van der Waals surface area contributed by atoms with E-state index in [1.165, 1.54) is 49.7 Å². The molecule has 1 aliphatic rings. The van der Waals surface area contributed by atoms with Gasteiger partial charge in [0.05, 0.1) is 12.5 Å². The summed E-state index contributed by atoms with van der Waals surface area (Å²) in [6.07, 6.45) is -3.46. The van der Waals surface area contributed by atoms with Crippen LogP contribution in [0.25, 0.3) is 22.2 Å². The summed E-state index contributed by atoms with van der Waals surface area (Å²) in [7, 11) is 1.34. The van der Waals surface area contributed by atoms with E-state index >= 15 is 0 Å². The molecule has 1 amide bonds. The average Bonchev–Trinajstić information content (AvgIpc) is 3.26. The lowest BCUT2D eigenvalue weighted by Crippen LogP contribution is -2.56. The maximum atomic E-state index is 14.6. The molecule has 6 rings (SSSR count). The molecular formula is C45H46F5N5O11. The van der Waals surface area contributed by atoms with Crippen molar-refractivity contribution >= 4 is 34.8 Å². The summed E-state index contributed by atoms with van der Waals surface area (Å²) < 4.78 is 77.2. The van der Waals surface area contributed by atoms with Gasteiger partial charge in [-0.15, -0.1) is 13.2 Å². The number of piperidine rings is 1. The number of hydrogen-bond donors (Lipinski definition) is 4. The SMILES string of the molecule is COC(=O)C(C)(C)N1CCC(N(Cc2ccc(-c3ccc(OC(F)(F)F)cc3)cc2)C(=O)Cn2c(CCc3cccc(F)c3F)nc(=O)c3cccnc32)CC1.O=C(O)CC(O)(O)C(=O)O. The van der Waals surface area contributed by atoms with Crippen molar-refractivity contribution in [1.29, 1.82) is 0 Å². The molecule has 352 valence electrons. The standard InChI is InChI=1S/C41H40F5N5O5.C4H6O6/c1-40(2,39(54)55-3)49-22-19-30(20-23-49)50(24-26-9-11-27(12-10-26)28-13-16-31(17-14-28)56-41(44,45)46)35(52)25-51-34(18-15-29-6-4-8-33(42)36(29)43)48-38(53)32-7-5-21-47-37(32)51;5-2(6)1-4(9,10)3(7)8/h4-14,16-17,21,30H,15,18-20,22-25H2,1-3H3;9-10H,1H2,(H,5,6)(H,7,8). The molecule has 5 aromatic rings. The maximum absolute atomic E-state index is 14.6. The maximum Gasteiger partial charge on any atom is 0.573 e. The minimum absolute atomic E-state index is 0.00511. The van der Waals surface area contributed by atoms with Crippen LogP contribution in [0.4, 0.5) is 22.0 Å². The quantitative estimate of drug-likeness (QED) is 0.0611. The van der Waals surface area contributed by atoms with Crippen molar-refractivity contribution in [1.82, 2.24) is 24.3 Å². The number of carboxylic acids is 2. The monoisotopic (exact) mass is 927 g/mol. The van der Waals surface area contributed by atoms with E-state index in [1.807, 2.05) is 29.2 Å². The van der Waals surface area contributed by atoms with Gasteiger partial charge in [0, 0.05) is 38.3 Å². The van der Waals surface area contributed by atoms with E-state index in [9.17, 15) is 45.9 Å². The first-order valence-electron chi connectivity index (χ1n) is 20.3. The fraction of sp³-hybridized carbons (Fsp3) is 0.356. The summed E-state index contributed by atoms with van der Waals surface area (Å²) in [5.41, 5.74) is 1.04. The molecule has 4 N–H and O–H groups in total. The minimum atomic E-state index is -4.80. The number of rotatable bonds is 15. The molecule has 0 bridgehead atoms. The zero-order valence-corrected chi connectivity index (χ0v) is 35.8. The lowest BCUT2D eigenvalue weighted by Gasteiger charge is -2.44.